The van der Waals surface area contributed by atoms with Crippen LogP contribution in [0, 0.1) is 12.8 Å². The van der Waals surface area contributed by atoms with Gasteiger partial charge < -0.3 is 25.6 Å². The Bertz CT molecular complexity index is 1350. The van der Waals surface area contributed by atoms with E-state index < -0.39 is 12.9 Å². The fourth-order valence-corrected chi connectivity index (χ4v) is 3.89. The molecule has 3 N–H and O–H groups in total. The number of pyridine rings is 1. The zero-order valence-corrected chi connectivity index (χ0v) is 18.0. The van der Waals surface area contributed by atoms with Gasteiger partial charge in [-0.2, -0.15) is 5.10 Å². The third-order valence-electron chi connectivity index (χ3n) is 5.57. The van der Waals surface area contributed by atoms with Crippen LogP contribution in [0.15, 0.2) is 30.5 Å². The summed E-state index contributed by atoms with van der Waals surface area (Å²) in [7, 11) is 1.92. The molecule has 1 saturated heterocycles. The minimum absolute atomic E-state index is 0.00413. The molecule has 0 spiro atoms. The Morgan fingerprint density at radius 1 is 1.27 bits per heavy atom. The van der Waals surface area contributed by atoms with E-state index >= 15 is 0 Å². The number of fused-ring (bicyclic) bond motifs is 3. The number of para-hydroxylation sites is 1. The number of amides is 2. The molecule has 2 amide bonds. The highest BCUT2D eigenvalue weighted by Crippen LogP contribution is 2.38. The van der Waals surface area contributed by atoms with Gasteiger partial charge in [0.1, 0.15) is 11.6 Å². The largest absolute Gasteiger partial charge is 0.380 e. The van der Waals surface area contributed by atoms with Gasteiger partial charge in [0.05, 0.1) is 54.0 Å². The number of aryl methyl sites for hydroxylation is 1. The van der Waals surface area contributed by atoms with Crippen LogP contribution in [0.3, 0.4) is 0 Å². The molecule has 2 aliphatic heterocycles. The lowest BCUT2D eigenvalue weighted by Crippen LogP contribution is -2.38. The molecule has 1 aromatic carbocycles. The third-order valence-corrected chi connectivity index (χ3v) is 5.57. The van der Waals surface area contributed by atoms with Gasteiger partial charge in [0.25, 0.3) is 5.91 Å². The number of ether oxygens (including phenoxy) is 1. The van der Waals surface area contributed by atoms with Crippen molar-refractivity contribution < 1.29 is 18.4 Å². The standard InChI is InChI=1S/C22H24N8O3/c1-12-25-19-9-29(3)20-15(5-4-6-17(20)30(19)28-12)26-16-7-18(24-8-14(16)22(32)23-2)27-21(31)13-10-33-11-13/h4-8,13H,9-11H2,1-3H3,(H,23,32)(H2,24,26,27,31)/i2D3. The van der Waals surface area contributed by atoms with Crippen molar-refractivity contribution in [2.75, 3.05) is 42.8 Å². The van der Waals surface area contributed by atoms with E-state index in [9.17, 15) is 9.59 Å². The van der Waals surface area contributed by atoms with Gasteiger partial charge in [0.15, 0.2) is 5.82 Å². The van der Waals surface area contributed by atoms with Crippen LogP contribution in [0.1, 0.15) is 26.1 Å². The van der Waals surface area contributed by atoms with E-state index in [1.54, 1.807) is 4.68 Å². The SMILES string of the molecule is [2H]C([2H])([2H])NC(=O)c1cnc(NC(=O)C2COC2)cc1Nc1cccc2c1N(C)Cc1nc(C)nn1-2. The summed E-state index contributed by atoms with van der Waals surface area (Å²) in [4.78, 5) is 35.8. The summed E-state index contributed by atoms with van der Waals surface area (Å²) < 4.78 is 29.1. The monoisotopic (exact) mass is 451 g/mol. The Morgan fingerprint density at radius 3 is 2.88 bits per heavy atom. The lowest BCUT2D eigenvalue weighted by molar-refractivity contribution is -0.133. The first-order valence-electron chi connectivity index (χ1n) is 11.8. The molecule has 0 bridgehead atoms. The van der Waals surface area contributed by atoms with Crippen LogP contribution in [-0.2, 0) is 16.1 Å². The minimum Gasteiger partial charge on any atom is -0.380 e. The summed E-state index contributed by atoms with van der Waals surface area (Å²) in [6, 6.07) is 7.08. The van der Waals surface area contributed by atoms with Gasteiger partial charge in [0, 0.05) is 30.4 Å². The lowest BCUT2D eigenvalue weighted by atomic mass is 10.1. The van der Waals surface area contributed by atoms with E-state index in [4.69, 9.17) is 8.85 Å². The van der Waals surface area contributed by atoms with Crippen LogP contribution < -0.4 is 20.9 Å². The van der Waals surface area contributed by atoms with Crippen molar-refractivity contribution in [2.45, 2.75) is 13.5 Å². The smallest absolute Gasteiger partial charge is 0.254 e. The zero-order valence-electron chi connectivity index (χ0n) is 21.0. The van der Waals surface area contributed by atoms with Gasteiger partial charge in [-0.25, -0.2) is 14.6 Å². The van der Waals surface area contributed by atoms with E-state index in [1.165, 1.54) is 12.3 Å². The molecule has 0 unspecified atom stereocenters. The molecule has 0 atom stereocenters. The van der Waals surface area contributed by atoms with E-state index in [-0.39, 0.29) is 28.9 Å². The summed E-state index contributed by atoms with van der Waals surface area (Å²) >= 11 is 0. The Balaban J connectivity index is 1.53. The number of carbonyl (C=O) groups is 2. The molecule has 0 radical (unpaired) electrons. The minimum atomic E-state index is -2.68. The van der Waals surface area contributed by atoms with Gasteiger partial charge in [0.2, 0.25) is 5.91 Å². The van der Waals surface area contributed by atoms with E-state index in [0.717, 1.165) is 17.2 Å². The topological polar surface area (TPSA) is 126 Å². The maximum Gasteiger partial charge on any atom is 0.254 e. The van der Waals surface area contributed by atoms with E-state index in [1.807, 2.05) is 42.4 Å². The summed E-state index contributed by atoms with van der Waals surface area (Å²) in [5.41, 5.74) is 2.53. The van der Waals surface area contributed by atoms with Gasteiger partial charge in [-0.3, -0.25) is 9.59 Å². The first-order valence-corrected chi connectivity index (χ1v) is 10.3. The van der Waals surface area contributed by atoms with Gasteiger partial charge in [-0.05, 0) is 19.1 Å². The molecule has 1 fully saturated rings. The molecule has 170 valence electrons. The fourth-order valence-electron chi connectivity index (χ4n) is 3.89. The van der Waals surface area contributed by atoms with Crippen LogP contribution in [0.2, 0.25) is 0 Å². The molecule has 2 aromatic heterocycles. The van der Waals surface area contributed by atoms with Crippen molar-refractivity contribution in [3.05, 3.63) is 47.7 Å². The molecule has 0 saturated carbocycles. The highest BCUT2D eigenvalue weighted by molar-refractivity contribution is 6.02. The van der Waals surface area contributed by atoms with Crippen molar-refractivity contribution >= 4 is 34.7 Å². The number of hydrogen-bond acceptors (Lipinski definition) is 8. The maximum absolute atomic E-state index is 12.8. The Kier molecular flexibility index (Phi) is 4.35. The average molecular weight is 452 g/mol. The second-order valence-electron chi connectivity index (χ2n) is 7.93. The van der Waals surface area contributed by atoms with Crippen LogP contribution in [-0.4, -0.2) is 58.8 Å². The summed E-state index contributed by atoms with van der Waals surface area (Å²) in [6.45, 7) is 0.328. The van der Waals surface area contributed by atoms with Crippen molar-refractivity contribution in [1.82, 2.24) is 25.1 Å². The van der Waals surface area contributed by atoms with Crippen LogP contribution >= 0.6 is 0 Å². The normalized spacial score (nSPS) is 16.4. The van der Waals surface area contributed by atoms with Gasteiger partial charge >= 0.3 is 0 Å². The molecule has 5 rings (SSSR count). The second-order valence-corrected chi connectivity index (χ2v) is 7.93. The number of rotatable bonds is 5. The molecule has 4 heterocycles. The van der Waals surface area contributed by atoms with Crippen molar-refractivity contribution in [1.29, 1.82) is 0 Å². The quantitative estimate of drug-likeness (QED) is 0.534. The Hall–Kier alpha value is -3.99. The molecule has 11 nitrogen and oxygen atoms in total. The molecular weight excluding hydrogens is 424 g/mol. The summed E-state index contributed by atoms with van der Waals surface area (Å²) in [5, 5.41) is 12.5. The predicted octanol–water partition coefficient (Wildman–Crippen LogP) is 1.61. The molecule has 33 heavy (non-hydrogen) atoms. The first kappa shape index (κ1) is 17.6. The number of aromatic nitrogens is 4. The average Bonchev–Trinajstić information content (AvgIpc) is 3.11. The second kappa shape index (κ2) is 8.17. The summed E-state index contributed by atoms with van der Waals surface area (Å²) in [6.07, 6.45) is 1.23. The van der Waals surface area contributed by atoms with Gasteiger partial charge in [-0.1, -0.05) is 6.07 Å². The van der Waals surface area contributed by atoms with Crippen molar-refractivity contribution in [2.24, 2.45) is 5.92 Å². The van der Waals surface area contributed by atoms with Crippen LogP contribution in [0.25, 0.3) is 5.69 Å². The Morgan fingerprint density at radius 2 is 2.12 bits per heavy atom. The third kappa shape index (κ3) is 3.76. The van der Waals surface area contributed by atoms with E-state index in [0.29, 0.717) is 31.3 Å². The number of nitrogens with one attached hydrogen (secondary N) is 3. The predicted molar refractivity (Wildman–Crippen MR) is 122 cm³/mol. The maximum atomic E-state index is 12.8. The van der Waals surface area contributed by atoms with Gasteiger partial charge in [-0.15, -0.1) is 0 Å². The molecule has 11 heteroatoms. The molecule has 3 aromatic rings. The van der Waals surface area contributed by atoms with Crippen LogP contribution in [0.5, 0.6) is 0 Å². The van der Waals surface area contributed by atoms with Crippen LogP contribution in [0.4, 0.5) is 22.9 Å². The highest BCUT2D eigenvalue weighted by Gasteiger charge is 2.28. The number of anilines is 4. The fraction of sp³-hybridized carbons (Fsp3) is 0.318. The number of benzene rings is 1. The molecule has 2 aliphatic rings. The molecule has 0 aliphatic carbocycles. The van der Waals surface area contributed by atoms with Crippen molar-refractivity contribution in [3.63, 3.8) is 0 Å². The van der Waals surface area contributed by atoms with E-state index in [2.05, 4.69) is 25.7 Å². The molecular formula is C22H24N8O3. The summed E-state index contributed by atoms with van der Waals surface area (Å²) in [5.74, 6) is 0.322. The van der Waals surface area contributed by atoms with Crippen molar-refractivity contribution in [3.8, 4) is 5.69 Å². The Labute approximate surface area is 194 Å². The zero-order chi connectivity index (χ0) is 25.6. The lowest BCUT2D eigenvalue weighted by Gasteiger charge is -2.30. The highest BCUT2D eigenvalue weighted by atomic mass is 16.5. The number of nitrogens with zero attached hydrogens (tertiary/aromatic N) is 5. The number of hydrogen-bond donors (Lipinski definition) is 3. The first-order chi connectivity index (χ1) is 17.1. The number of carbonyl (C=O) groups excluding carboxylic acids is 2.